The topological polar surface area (TPSA) is 38.3 Å². The number of methoxy groups -OCH3 is 1. The van der Waals surface area contributed by atoms with Crippen LogP contribution in [0, 0.1) is 11.7 Å². The molecule has 5 heteroatoms. The van der Waals surface area contributed by atoms with Crippen molar-refractivity contribution in [2.75, 3.05) is 13.7 Å². The zero-order valence-electron chi connectivity index (χ0n) is 10.1. The van der Waals surface area contributed by atoms with Crippen LogP contribution in [0.5, 0.6) is 0 Å². The molecule has 3 nitrogen and oxygen atoms in total. The number of esters is 1. The third kappa shape index (κ3) is 3.21. The van der Waals surface area contributed by atoms with Crippen LogP contribution in [0.4, 0.5) is 4.39 Å². The summed E-state index contributed by atoms with van der Waals surface area (Å²) in [5, 5.41) is 3.36. The Labute approximate surface area is 110 Å². The Hall–Kier alpha value is -1.13. The predicted molar refractivity (Wildman–Crippen MR) is 66.9 cm³/mol. The van der Waals surface area contributed by atoms with Gasteiger partial charge < -0.3 is 10.1 Å². The van der Waals surface area contributed by atoms with E-state index in [0.29, 0.717) is 11.5 Å². The van der Waals surface area contributed by atoms with Crippen molar-refractivity contribution < 1.29 is 13.9 Å². The summed E-state index contributed by atoms with van der Waals surface area (Å²) in [4.78, 5) is 11.7. The van der Waals surface area contributed by atoms with Crippen molar-refractivity contribution in [2.24, 2.45) is 5.92 Å². The molecule has 0 aromatic heterocycles. The maximum atomic E-state index is 13.0. The molecule has 0 amide bonds. The largest absolute Gasteiger partial charge is 0.468 e. The molecule has 0 bridgehead atoms. The molecule has 1 aromatic rings. The van der Waals surface area contributed by atoms with Gasteiger partial charge in [-0.3, -0.25) is 0 Å². The first-order valence-electron chi connectivity index (χ1n) is 5.88. The number of nitrogens with one attached hydrogen (secondary N) is 1. The molecule has 98 valence electrons. The van der Waals surface area contributed by atoms with Crippen molar-refractivity contribution in [3.8, 4) is 0 Å². The molecule has 18 heavy (non-hydrogen) atoms. The van der Waals surface area contributed by atoms with E-state index < -0.39 is 17.8 Å². The minimum Gasteiger partial charge on any atom is -0.468 e. The van der Waals surface area contributed by atoms with E-state index in [-0.39, 0.29) is 5.02 Å². The fourth-order valence-electron chi connectivity index (χ4n) is 1.78. The van der Waals surface area contributed by atoms with Gasteiger partial charge in [-0.15, -0.1) is 0 Å². The standard InChI is InChI=1S/C13H15ClFNO2/c1-18-13(17)12(16-7-8-2-3-8)10-5-4-9(15)6-11(10)14/h4-6,8,12,16H,2-3,7H2,1H3. The molecule has 1 atom stereocenters. The SMILES string of the molecule is COC(=O)C(NCC1CC1)c1ccc(F)cc1Cl. The van der Waals surface area contributed by atoms with Crippen LogP contribution < -0.4 is 5.32 Å². The van der Waals surface area contributed by atoms with Crippen LogP contribution in [0.15, 0.2) is 18.2 Å². The minimum atomic E-state index is -0.635. The summed E-state index contributed by atoms with van der Waals surface area (Å²) in [6.07, 6.45) is 2.36. The molecule has 1 aliphatic rings. The van der Waals surface area contributed by atoms with Crippen LogP contribution in [0.2, 0.25) is 5.02 Å². The highest BCUT2D eigenvalue weighted by molar-refractivity contribution is 6.31. The van der Waals surface area contributed by atoms with Gasteiger partial charge in [0.2, 0.25) is 0 Å². The fourth-order valence-corrected chi connectivity index (χ4v) is 2.06. The van der Waals surface area contributed by atoms with Gasteiger partial charge >= 0.3 is 5.97 Å². The Morgan fingerprint density at radius 2 is 2.33 bits per heavy atom. The Morgan fingerprint density at radius 1 is 1.61 bits per heavy atom. The van der Waals surface area contributed by atoms with Crippen LogP contribution in [-0.2, 0) is 9.53 Å². The number of benzene rings is 1. The first kappa shape index (κ1) is 13.3. The van der Waals surface area contributed by atoms with Crippen LogP contribution in [-0.4, -0.2) is 19.6 Å². The van der Waals surface area contributed by atoms with Gasteiger partial charge in [0.05, 0.1) is 7.11 Å². The smallest absolute Gasteiger partial charge is 0.327 e. The highest BCUT2D eigenvalue weighted by Gasteiger charge is 2.27. The zero-order chi connectivity index (χ0) is 13.1. The Bertz CT molecular complexity index is 449. The van der Waals surface area contributed by atoms with Crippen LogP contribution in [0.1, 0.15) is 24.4 Å². The van der Waals surface area contributed by atoms with E-state index in [2.05, 4.69) is 5.32 Å². The van der Waals surface area contributed by atoms with Crippen LogP contribution >= 0.6 is 11.6 Å². The molecule has 0 aliphatic heterocycles. The number of hydrogen-bond acceptors (Lipinski definition) is 3. The first-order valence-corrected chi connectivity index (χ1v) is 6.25. The average molecular weight is 272 g/mol. The molecular weight excluding hydrogens is 257 g/mol. The van der Waals surface area contributed by atoms with Gasteiger partial charge in [-0.2, -0.15) is 0 Å². The molecule has 0 heterocycles. The highest BCUT2D eigenvalue weighted by atomic mass is 35.5. The highest BCUT2D eigenvalue weighted by Crippen LogP contribution is 2.30. The summed E-state index contributed by atoms with van der Waals surface area (Å²) >= 11 is 5.97. The quantitative estimate of drug-likeness (QED) is 0.837. The lowest BCUT2D eigenvalue weighted by molar-refractivity contribution is -0.143. The lowest BCUT2D eigenvalue weighted by Crippen LogP contribution is -2.31. The van der Waals surface area contributed by atoms with E-state index in [0.717, 1.165) is 6.54 Å². The zero-order valence-corrected chi connectivity index (χ0v) is 10.8. The molecule has 2 rings (SSSR count). The van der Waals surface area contributed by atoms with E-state index in [4.69, 9.17) is 16.3 Å². The monoisotopic (exact) mass is 271 g/mol. The van der Waals surface area contributed by atoms with Gasteiger partial charge in [-0.25, -0.2) is 9.18 Å². The van der Waals surface area contributed by atoms with Crippen molar-refractivity contribution >= 4 is 17.6 Å². The number of halogens is 2. The molecule has 0 spiro atoms. The first-order chi connectivity index (χ1) is 8.61. The third-order valence-electron chi connectivity index (χ3n) is 3.02. The van der Waals surface area contributed by atoms with E-state index in [1.54, 1.807) is 0 Å². The Kier molecular flexibility index (Phi) is 4.19. The summed E-state index contributed by atoms with van der Waals surface area (Å²) in [5.74, 6) is -0.213. The maximum absolute atomic E-state index is 13.0. The van der Waals surface area contributed by atoms with E-state index >= 15 is 0 Å². The van der Waals surface area contributed by atoms with Gasteiger partial charge in [0.1, 0.15) is 11.9 Å². The van der Waals surface area contributed by atoms with E-state index in [1.165, 1.54) is 38.2 Å². The van der Waals surface area contributed by atoms with Crippen molar-refractivity contribution in [3.63, 3.8) is 0 Å². The number of rotatable bonds is 5. The van der Waals surface area contributed by atoms with Crippen LogP contribution in [0.25, 0.3) is 0 Å². The number of ether oxygens (including phenoxy) is 1. The lowest BCUT2D eigenvalue weighted by atomic mass is 10.1. The van der Waals surface area contributed by atoms with Gasteiger partial charge in [0.15, 0.2) is 0 Å². The van der Waals surface area contributed by atoms with Crippen molar-refractivity contribution in [2.45, 2.75) is 18.9 Å². The predicted octanol–water partition coefficient (Wildman–Crippen LogP) is 2.69. The van der Waals surface area contributed by atoms with Crippen molar-refractivity contribution in [1.82, 2.24) is 5.32 Å². The van der Waals surface area contributed by atoms with Crippen molar-refractivity contribution in [3.05, 3.63) is 34.6 Å². The summed E-state index contributed by atoms with van der Waals surface area (Å²) in [7, 11) is 1.32. The van der Waals surface area contributed by atoms with Gasteiger partial charge in [-0.1, -0.05) is 17.7 Å². The second-order valence-electron chi connectivity index (χ2n) is 4.47. The number of carbonyl (C=O) groups is 1. The second kappa shape index (κ2) is 5.67. The summed E-state index contributed by atoms with van der Waals surface area (Å²) in [6, 6.07) is 3.37. The average Bonchev–Trinajstić information content (AvgIpc) is 3.15. The molecule has 1 N–H and O–H groups in total. The molecule has 0 radical (unpaired) electrons. The normalized spacial score (nSPS) is 16.4. The van der Waals surface area contributed by atoms with Gasteiger partial charge in [0.25, 0.3) is 0 Å². The molecule has 1 fully saturated rings. The molecule has 1 saturated carbocycles. The molecule has 1 unspecified atom stereocenters. The molecule has 1 aliphatic carbocycles. The summed E-state index contributed by atoms with van der Waals surface area (Å²) < 4.78 is 17.7. The van der Waals surface area contributed by atoms with Gasteiger partial charge in [-0.05, 0) is 43.0 Å². The van der Waals surface area contributed by atoms with Gasteiger partial charge in [0, 0.05) is 5.02 Å². The Morgan fingerprint density at radius 3 is 2.89 bits per heavy atom. The Balaban J connectivity index is 2.17. The van der Waals surface area contributed by atoms with E-state index in [1.807, 2.05) is 0 Å². The van der Waals surface area contributed by atoms with E-state index in [9.17, 15) is 9.18 Å². The minimum absolute atomic E-state index is 0.230. The summed E-state index contributed by atoms with van der Waals surface area (Å²) in [6.45, 7) is 0.744. The lowest BCUT2D eigenvalue weighted by Gasteiger charge is -2.18. The third-order valence-corrected chi connectivity index (χ3v) is 3.35. The molecular formula is C13H15ClFNO2. The molecule has 0 saturated heterocycles. The molecule has 1 aromatic carbocycles. The van der Waals surface area contributed by atoms with Crippen LogP contribution in [0.3, 0.4) is 0 Å². The maximum Gasteiger partial charge on any atom is 0.327 e. The number of carbonyl (C=O) groups excluding carboxylic acids is 1. The summed E-state index contributed by atoms with van der Waals surface area (Å²) in [5.41, 5.74) is 0.547. The second-order valence-corrected chi connectivity index (χ2v) is 4.88. The fraction of sp³-hybridized carbons (Fsp3) is 0.462. The van der Waals surface area contributed by atoms with Crippen molar-refractivity contribution in [1.29, 1.82) is 0 Å². The number of hydrogen-bond donors (Lipinski definition) is 1.